The molecule has 0 bridgehead atoms. The van der Waals surface area contributed by atoms with Gasteiger partial charge in [0.2, 0.25) is 5.91 Å². The van der Waals surface area contributed by atoms with Crippen molar-refractivity contribution < 1.29 is 32.2 Å². The smallest absolute Gasteiger partial charge is 0.401 e. The number of carbonyl (C=O) groups excluding carboxylic acids is 2. The molecule has 3 rings (SSSR count). The maximum Gasteiger partial charge on any atom is 0.401 e. The molecule has 2 heterocycles. The number of ether oxygens (including phenoxy) is 2. The number of hydrogen-bond acceptors (Lipinski definition) is 5. The van der Waals surface area contributed by atoms with Crippen LogP contribution in [0, 0.1) is 5.92 Å². The molecule has 1 aromatic carbocycles. The highest BCUT2D eigenvalue weighted by molar-refractivity contribution is 5.95. The third-order valence-corrected chi connectivity index (χ3v) is 5.17. The zero-order chi connectivity index (χ0) is 20.9. The fourth-order valence-electron chi connectivity index (χ4n) is 3.60. The van der Waals surface area contributed by atoms with Crippen molar-refractivity contribution in [2.75, 3.05) is 44.3 Å². The first-order valence-electron chi connectivity index (χ1n) is 9.78. The van der Waals surface area contributed by atoms with Gasteiger partial charge in [0.25, 0.3) is 0 Å². The summed E-state index contributed by atoms with van der Waals surface area (Å²) in [5.74, 6) is 0.159. The molecule has 1 aromatic rings. The van der Waals surface area contributed by atoms with E-state index in [-0.39, 0.29) is 25.0 Å². The average Bonchev–Trinajstić information content (AvgIpc) is 3.11. The third kappa shape index (κ3) is 6.62. The Bertz CT molecular complexity index is 701. The van der Waals surface area contributed by atoms with Crippen molar-refractivity contribution in [2.45, 2.75) is 31.9 Å². The normalized spacial score (nSPS) is 18.9. The summed E-state index contributed by atoms with van der Waals surface area (Å²) in [5, 5.41) is 0. The van der Waals surface area contributed by atoms with Gasteiger partial charge in [0.15, 0.2) is 6.61 Å². The Morgan fingerprint density at radius 2 is 1.79 bits per heavy atom. The number of nitrogens with zero attached hydrogens (tertiary/aromatic N) is 2. The van der Waals surface area contributed by atoms with Crippen LogP contribution in [-0.2, 0) is 14.3 Å². The molecule has 0 aliphatic carbocycles. The second-order valence-corrected chi connectivity index (χ2v) is 7.45. The number of carbonyl (C=O) groups is 2. The van der Waals surface area contributed by atoms with Gasteiger partial charge in [0.1, 0.15) is 5.75 Å². The van der Waals surface area contributed by atoms with Crippen molar-refractivity contribution in [3.63, 3.8) is 0 Å². The lowest BCUT2D eigenvalue weighted by Gasteiger charge is -2.31. The van der Waals surface area contributed by atoms with Crippen LogP contribution >= 0.6 is 0 Å². The highest BCUT2D eigenvalue weighted by Crippen LogP contribution is 2.24. The van der Waals surface area contributed by atoms with E-state index in [2.05, 4.69) is 0 Å². The second kappa shape index (κ2) is 9.47. The Kier molecular flexibility index (Phi) is 7.00. The molecule has 6 nitrogen and oxygen atoms in total. The molecule has 2 aliphatic heterocycles. The molecular formula is C20H25F3N2O4. The van der Waals surface area contributed by atoms with E-state index < -0.39 is 18.7 Å². The van der Waals surface area contributed by atoms with Crippen LogP contribution in [0.5, 0.6) is 5.75 Å². The van der Waals surface area contributed by atoms with Gasteiger partial charge in [-0.3, -0.25) is 9.69 Å². The van der Waals surface area contributed by atoms with Crippen molar-refractivity contribution in [3.8, 4) is 5.75 Å². The summed E-state index contributed by atoms with van der Waals surface area (Å²) in [4.78, 5) is 26.7. The molecule has 2 aliphatic rings. The summed E-state index contributed by atoms with van der Waals surface area (Å²) < 4.78 is 47.8. The number of benzene rings is 1. The Morgan fingerprint density at radius 1 is 1.10 bits per heavy atom. The summed E-state index contributed by atoms with van der Waals surface area (Å²) in [6.07, 6.45) is -1.63. The molecule has 0 aromatic heterocycles. The van der Waals surface area contributed by atoms with Crippen LogP contribution in [0.25, 0.3) is 0 Å². The van der Waals surface area contributed by atoms with Gasteiger partial charge in [0.05, 0.1) is 13.2 Å². The van der Waals surface area contributed by atoms with Gasteiger partial charge in [-0.25, -0.2) is 4.79 Å². The second-order valence-electron chi connectivity index (χ2n) is 7.45. The van der Waals surface area contributed by atoms with Gasteiger partial charge >= 0.3 is 12.1 Å². The number of esters is 1. The summed E-state index contributed by atoms with van der Waals surface area (Å²) in [6.45, 7) is 0.472. The highest BCUT2D eigenvalue weighted by atomic mass is 19.4. The van der Waals surface area contributed by atoms with Gasteiger partial charge in [-0.1, -0.05) is 0 Å². The van der Waals surface area contributed by atoms with E-state index >= 15 is 0 Å². The molecule has 0 saturated carbocycles. The van der Waals surface area contributed by atoms with E-state index in [0.29, 0.717) is 44.6 Å². The topological polar surface area (TPSA) is 59.1 Å². The number of anilines is 1. The number of rotatable bonds is 7. The zero-order valence-electron chi connectivity index (χ0n) is 16.1. The molecule has 0 atom stereocenters. The summed E-state index contributed by atoms with van der Waals surface area (Å²) >= 11 is 0. The van der Waals surface area contributed by atoms with E-state index in [1.54, 1.807) is 29.2 Å². The van der Waals surface area contributed by atoms with E-state index in [1.807, 2.05) is 0 Å². The van der Waals surface area contributed by atoms with Crippen LogP contribution in [-0.4, -0.2) is 62.3 Å². The molecule has 0 radical (unpaired) electrons. The van der Waals surface area contributed by atoms with E-state index in [1.165, 1.54) is 4.90 Å². The number of amides is 1. The number of alkyl halides is 3. The zero-order valence-corrected chi connectivity index (χ0v) is 16.1. The Labute approximate surface area is 167 Å². The van der Waals surface area contributed by atoms with Crippen LogP contribution in [0.15, 0.2) is 24.3 Å². The van der Waals surface area contributed by atoms with E-state index in [9.17, 15) is 22.8 Å². The first-order valence-corrected chi connectivity index (χ1v) is 9.78. The Balaban J connectivity index is 1.34. The van der Waals surface area contributed by atoms with Crippen molar-refractivity contribution >= 4 is 17.6 Å². The average molecular weight is 414 g/mol. The molecule has 29 heavy (non-hydrogen) atoms. The lowest BCUT2D eigenvalue weighted by Crippen LogP contribution is -2.41. The summed E-state index contributed by atoms with van der Waals surface area (Å²) in [7, 11) is 0. The quantitative estimate of drug-likeness (QED) is 0.642. The molecule has 9 heteroatoms. The van der Waals surface area contributed by atoms with Crippen LogP contribution in [0.4, 0.5) is 18.9 Å². The standard InChI is InChI=1S/C20H25F3N2O4/c21-20(22,23)14-24-10-7-15(8-11-24)12-29-19(27)13-28-17-5-3-16(4-6-17)25-9-1-2-18(25)26/h3-6,15H,1-2,7-14H2. The minimum Gasteiger partial charge on any atom is -0.482 e. The molecule has 2 saturated heterocycles. The van der Waals surface area contributed by atoms with Crippen molar-refractivity contribution in [2.24, 2.45) is 5.92 Å². The number of hydrogen-bond donors (Lipinski definition) is 0. The largest absolute Gasteiger partial charge is 0.482 e. The monoisotopic (exact) mass is 414 g/mol. The molecule has 0 unspecified atom stereocenters. The lowest BCUT2D eigenvalue weighted by molar-refractivity contribution is -0.151. The molecule has 0 spiro atoms. The van der Waals surface area contributed by atoms with Crippen LogP contribution in [0.1, 0.15) is 25.7 Å². The SMILES string of the molecule is O=C(COc1ccc(N2CCCC2=O)cc1)OCC1CCN(CC(F)(F)F)CC1. The lowest BCUT2D eigenvalue weighted by atomic mass is 9.98. The fourth-order valence-corrected chi connectivity index (χ4v) is 3.60. The van der Waals surface area contributed by atoms with Crippen molar-refractivity contribution in [1.82, 2.24) is 4.90 Å². The van der Waals surface area contributed by atoms with Gasteiger partial charge in [-0.2, -0.15) is 13.2 Å². The Morgan fingerprint density at radius 3 is 2.38 bits per heavy atom. The van der Waals surface area contributed by atoms with E-state index in [4.69, 9.17) is 9.47 Å². The number of halogens is 3. The van der Waals surface area contributed by atoms with Gasteiger partial charge in [-0.15, -0.1) is 0 Å². The van der Waals surface area contributed by atoms with Crippen LogP contribution in [0.3, 0.4) is 0 Å². The Hall–Kier alpha value is -2.29. The molecule has 160 valence electrons. The highest BCUT2D eigenvalue weighted by Gasteiger charge is 2.32. The van der Waals surface area contributed by atoms with Crippen LogP contribution < -0.4 is 9.64 Å². The predicted octanol–water partition coefficient (Wildman–Crippen LogP) is 3.01. The van der Waals surface area contributed by atoms with E-state index in [0.717, 1.165) is 12.1 Å². The van der Waals surface area contributed by atoms with Gasteiger partial charge in [-0.05, 0) is 62.5 Å². The first kappa shape index (κ1) is 21.4. The van der Waals surface area contributed by atoms with Crippen molar-refractivity contribution in [1.29, 1.82) is 0 Å². The maximum absolute atomic E-state index is 12.4. The van der Waals surface area contributed by atoms with Crippen molar-refractivity contribution in [3.05, 3.63) is 24.3 Å². The fraction of sp³-hybridized carbons (Fsp3) is 0.600. The minimum atomic E-state index is -4.18. The van der Waals surface area contributed by atoms with Gasteiger partial charge < -0.3 is 14.4 Å². The van der Waals surface area contributed by atoms with Gasteiger partial charge in [0, 0.05) is 18.7 Å². The number of likely N-dealkylation sites (tertiary alicyclic amines) is 1. The summed E-state index contributed by atoms with van der Waals surface area (Å²) in [5.41, 5.74) is 0.805. The molecular weight excluding hydrogens is 389 g/mol. The first-order chi connectivity index (χ1) is 13.8. The molecule has 2 fully saturated rings. The third-order valence-electron chi connectivity index (χ3n) is 5.17. The summed E-state index contributed by atoms with van der Waals surface area (Å²) in [6, 6.07) is 6.95. The van der Waals surface area contributed by atoms with Crippen LogP contribution in [0.2, 0.25) is 0 Å². The maximum atomic E-state index is 12.4. The predicted molar refractivity (Wildman–Crippen MR) is 99.7 cm³/mol. The minimum absolute atomic E-state index is 0.0701. The molecule has 1 amide bonds. The molecule has 0 N–H and O–H groups in total. The number of piperidine rings is 1.